The van der Waals surface area contributed by atoms with Gasteiger partial charge in [-0.05, 0) is 39.3 Å². The van der Waals surface area contributed by atoms with Crippen LogP contribution in [0.3, 0.4) is 0 Å². The summed E-state index contributed by atoms with van der Waals surface area (Å²) in [6, 6.07) is 1.57. The van der Waals surface area contributed by atoms with Crippen molar-refractivity contribution in [3.63, 3.8) is 0 Å². The Labute approximate surface area is 82.7 Å². The first-order valence-corrected chi connectivity index (χ1v) is 5.76. The Kier molecular flexibility index (Phi) is 4.74. The van der Waals surface area contributed by atoms with Crippen LogP contribution in [0.2, 0.25) is 0 Å². The van der Waals surface area contributed by atoms with Crippen LogP contribution in [0.1, 0.15) is 40.0 Å². The van der Waals surface area contributed by atoms with Crippen molar-refractivity contribution in [3.8, 4) is 0 Å². The Bertz CT molecular complexity index is 136. The molecule has 1 aliphatic heterocycles. The van der Waals surface area contributed by atoms with Crippen molar-refractivity contribution in [1.82, 2.24) is 10.2 Å². The topological polar surface area (TPSA) is 15.3 Å². The molecule has 0 spiro atoms. The van der Waals surface area contributed by atoms with Gasteiger partial charge >= 0.3 is 0 Å². The molecule has 2 nitrogen and oxygen atoms in total. The Morgan fingerprint density at radius 2 is 2.23 bits per heavy atom. The van der Waals surface area contributed by atoms with E-state index in [1.54, 1.807) is 0 Å². The number of rotatable bonds is 5. The van der Waals surface area contributed by atoms with Crippen molar-refractivity contribution in [2.45, 2.75) is 52.1 Å². The van der Waals surface area contributed by atoms with E-state index in [1.807, 2.05) is 0 Å². The zero-order valence-corrected chi connectivity index (χ0v) is 9.34. The molecule has 0 aromatic carbocycles. The van der Waals surface area contributed by atoms with Crippen molar-refractivity contribution in [2.24, 2.45) is 0 Å². The number of nitrogens with zero attached hydrogens (tertiary/aromatic N) is 1. The lowest BCUT2D eigenvalue weighted by atomic mass is 10.1. The van der Waals surface area contributed by atoms with Gasteiger partial charge < -0.3 is 5.32 Å². The maximum atomic E-state index is 3.46. The zero-order valence-electron chi connectivity index (χ0n) is 9.34. The Morgan fingerprint density at radius 3 is 2.85 bits per heavy atom. The van der Waals surface area contributed by atoms with E-state index in [2.05, 4.69) is 31.0 Å². The third-order valence-corrected chi connectivity index (χ3v) is 3.21. The third kappa shape index (κ3) is 2.96. The summed E-state index contributed by atoms with van der Waals surface area (Å²) in [5, 5.41) is 3.46. The van der Waals surface area contributed by atoms with Crippen LogP contribution in [0.5, 0.6) is 0 Å². The molecule has 1 rings (SSSR count). The molecular weight excluding hydrogens is 160 g/mol. The van der Waals surface area contributed by atoms with Crippen molar-refractivity contribution in [1.29, 1.82) is 0 Å². The molecule has 2 heteroatoms. The molecule has 0 radical (unpaired) electrons. The smallest absolute Gasteiger partial charge is 0.0223 e. The van der Waals surface area contributed by atoms with Gasteiger partial charge in [0.1, 0.15) is 0 Å². The second-order valence-corrected chi connectivity index (χ2v) is 4.10. The molecule has 13 heavy (non-hydrogen) atoms. The van der Waals surface area contributed by atoms with Crippen molar-refractivity contribution in [3.05, 3.63) is 0 Å². The molecule has 1 N–H and O–H groups in total. The molecule has 0 aromatic heterocycles. The van der Waals surface area contributed by atoms with Gasteiger partial charge in [0, 0.05) is 18.6 Å². The standard InChI is InChI=1S/C11H24N2/c1-4-10(3)13-8-6-7-11(13)9-12-5-2/h10-12H,4-9H2,1-3H3. The minimum absolute atomic E-state index is 0.770. The molecule has 0 amide bonds. The SMILES string of the molecule is CCNCC1CCCN1C(C)CC. The maximum Gasteiger partial charge on any atom is 0.0223 e. The summed E-state index contributed by atoms with van der Waals surface area (Å²) in [4.78, 5) is 2.67. The molecule has 2 atom stereocenters. The van der Waals surface area contributed by atoms with Gasteiger partial charge in [0.25, 0.3) is 0 Å². The molecule has 0 bridgehead atoms. The van der Waals surface area contributed by atoms with Crippen LogP contribution in [0.15, 0.2) is 0 Å². The Morgan fingerprint density at radius 1 is 1.46 bits per heavy atom. The second-order valence-electron chi connectivity index (χ2n) is 4.10. The average Bonchev–Trinajstić information content (AvgIpc) is 2.61. The van der Waals surface area contributed by atoms with Crippen molar-refractivity contribution < 1.29 is 0 Å². The normalized spacial score (nSPS) is 26.5. The summed E-state index contributed by atoms with van der Waals surface area (Å²) in [5.41, 5.74) is 0. The predicted molar refractivity (Wildman–Crippen MR) is 58.0 cm³/mol. The average molecular weight is 184 g/mol. The molecule has 1 fully saturated rings. The largest absolute Gasteiger partial charge is 0.315 e. The summed E-state index contributed by atoms with van der Waals surface area (Å²) in [6.07, 6.45) is 4.06. The van der Waals surface area contributed by atoms with Crippen LogP contribution in [-0.2, 0) is 0 Å². The van der Waals surface area contributed by atoms with E-state index in [9.17, 15) is 0 Å². The molecule has 1 saturated heterocycles. The van der Waals surface area contributed by atoms with Crippen LogP contribution in [0.4, 0.5) is 0 Å². The van der Waals surface area contributed by atoms with E-state index in [-0.39, 0.29) is 0 Å². The molecule has 0 aromatic rings. The fourth-order valence-corrected chi connectivity index (χ4v) is 2.20. The Balaban J connectivity index is 2.34. The number of likely N-dealkylation sites (N-methyl/N-ethyl adjacent to an activating group) is 1. The fourth-order valence-electron chi connectivity index (χ4n) is 2.20. The molecule has 1 aliphatic rings. The van der Waals surface area contributed by atoms with Gasteiger partial charge in [0.2, 0.25) is 0 Å². The van der Waals surface area contributed by atoms with Gasteiger partial charge in [-0.25, -0.2) is 0 Å². The summed E-state index contributed by atoms with van der Waals surface area (Å²) < 4.78 is 0. The van der Waals surface area contributed by atoms with E-state index in [4.69, 9.17) is 0 Å². The van der Waals surface area contributed by atoms with Crippen LogP contribution >= 0.6 is 0 Å². The quantitative estimate of drug-likeness (QED) is 0.701. The van der Waals surface area contributed by atoms with Crippen LogP contribution in [0.25, 0.3) is 0 Å². The molecule has 0 aliphatic carbocycles. The van der Waals surface area contributed by atoms with Crippen molar-refractivity contribution in [2.75, 3.05) is 19.6 Å². The van der Waals surface area contributed by atoms with E-state index in [1.165, 1.54) is 32.4 Å². The maximum absolute atomic E-state index is 3.46. The van der Waals surface area contributed by atoms with Crippen LogP contribution < -0.4 is 5.32 Å². The van der Waals surface area contributed by atoms with Gasteiger partial charge in [-0.15, -0.1) is 0 Å². The predicted octanol–water partition coefficient (Wildman–Crippen LogP) is 1.86. The summed E-state index contributed by atoms with van der Waals surface area (Å²) in [6.45, 7) is 10.4. The lowest BCUT2D eigenvalue weighted by Gasteiger charge is -2.30. The summed E-state index contributed by atoms with van der Waals surface area (Å²) in [7, 11) is 0. The molecule has 2 unspecified atom stereocenters. The Hall–Kier alpha value is -0.0800. The second kappa shape index (κ2) is 5.61. The third-order valence-electron chi connectivity index (χ3n) is 3.21. The van der Waals surface area contributed by atoms with E-state index in [0.29, 0.717) is 0 Å². The minimum Gasteiger partial charge on any atom is -0.315 e. The number of hydrogen-bond donors (Lipinski definition) is 1. The molecule has 78 valence electrons. The van der Waals surface area contributed by atoms with Crippen LogP contribution in [0, 0.1) is 0 Å². The lowest BCUT2D eigenvalue weighted by molar-refractivity contribution is 0.184. The highest BCUT2D eigenvalue weighted by atomic mass is 15.2. The first-order chi connectivity index (χ1) is 6.29. The highest BCUT2D eigenvalue weighted by Crippen LogP contribution is 2.20. The van der Waals surface area contributed by atoms with Gasteiger partial charge in [-0.1, -0.05) is 13.8 Å². The number of likely N-dealkylation sites (tertiary alicyclic amines) is 1. The molecular formula is C11H24N2. The zero-order chi connectivity index (χ0) is 9.68. The first kappa shape index (κ1) is 11.0. The van der Waals surface area contributed by atoms with Gasteiger partial charge in [0.15, 0.2) is 0 Å². The van der Waals surface area contributed by atoms with Gasteiger partial charge in [-0.2, -0.15) is 0 Å². The number of hydrogen-bond acceptors (Lipinski definition) is 2. The van der Waals surface area contributed by atoms with E-state index in [0.717, 1.165) is 18.6 Å². The molecule has 0 saturated carbocycles. The highest BCUT2D eigenvalue weighted by molar-refractivity contribution is 4.83. The monoisotopic (exact) mass is 184 g/mol. The first-order valence-electron chi connectivity index (χ1n) is 5.76. The van der Waals surface area contributed by atoms with E-state index < -0.39 is 0 Å². The number of nitrogens with one attached hydrogen (secondary N) is 1. The van der Waals surface area contributed by atoms with Gasteiger partial charge in [-0.3, -0.25) is 4.90 Å². The minimum atomic E-state index is 0.770. The fraction of sp³-hybridized carbons (Fsp3) is 1.00. The summed E-state index contributed by atoms with van der Waals surface area (Å²) >= 11 is 0. The van der Waals surface area contributed by atoms with E-state index >= 15 is 0 Å². The van der Waals surface area contributed by atoms with Crippen LogP contribution in [-0.4, -0.2) is 36.6 Å². The molecule has 1 heterocycles. The summed E-state index contributed by atoms with van der Waals surface area (Å²) in [5.74, 6) is 0. The highest BCUT2D eigenvalue weighted by Gasteiger charge is 2.26. The lowest BCUT2D eigenvalue weighted by Crippen LogP contribution is -2.42. The van der Waals surface area contributed by atoms with Crippen molar-refractivity contribution >= 4 is 0 Å². The van der Waals surface area contributed by atoms with Gasteiger partial charge in [0.05, 0.1) is 0 Å².